The maximum absolute atomic E-state index is 12.2. The zero-order chi connectivity index (χ0) is 13.7. The van der Waals surface area contributed by atoms with Crippen LogP contribution in [-0.2, 0) is 10.0 Å². The number of β-amino-alcohol motifs (C(OH)–C–C–N with tert-alkyl or cyclic N) is 1. The molecule has 1 aliphatic rings. The van der Waals surface area contributed by atoms with Crippen LogP contribution in [0.1, 0.15) is 13.8 Å². The van der Waals surface area contributed by atoms with E-state index < -0.39 is 15.6 Å². The molecule has 1 fully saturated rings. The van der Waals surface area contributed by atoms with E-state index in [1.807, 2.05) is 13.8 Å². The van der Waals surface area contributed by atoms with Gasteiger partial charge in [-0.2, -0.15) is 4.31 Å². The second-order valence-electron chi connectivity index (χ2n) is 4.72. The summed E-state index contributed by atoms with van der Waals surface area (Å²) < 4.78 is 26.2. The molecule has 4 nitrogen and oxygen atoms in total. The fraction of sp³-hybridized carbons (Fsp3) is 0.600. The van der Waals surface area contributed by atoms with Crippen molar-refractivity contribution in [2.24, 2.45) is 5.92 Å². The van der Waals surface area contributed by atoms with Gasteiger partial charge in [-0.15, -0.1) is 11.3 Å². The van der Waals surface area contributed by atoms with E-state index in [1.165, 1.54) is 10.4 Å². The molecule has 1 aromatic heterocycles. The molecule has 102 valence electrons. The molecular formula is C10H13Cl2NO3S2. The number of rotatable bonds is 3. The van der Waals surface area contributed by atoms with E-state index >= 15 is 0 Å². The van der Waals surface area contributed by atoms with Crippen LogP contribution in [0.3, 0.4) is 0 Å². The number of halogens is 2. The van der Waals surface area contributed by atoms with E-state index in [1.54, 1.807) is 0 Å². The average Bonchev–Trinajstić information content (AvgIpc) is 2.53. The standard InChI is InChI=1S/C10H13Cl2NO3S2/c1-6(2)10(14)4-13(5-10)18(15,16)7-3-8(11)17-9(7)12/h3,6,14H,4-5H2,1-2H3. The average molecular weight is 330 g/mol. The third-order valence-corrected chi connectivity index (χ3v) is 6.76. The van der Waals surface area contributed by atoms with Crippen LogP contribution in [0.15, 0.2) is 11.0 Å². The molecule has 2 rings (SSSR count). The summed E-state index contributed by atoms with van der Waals surface area (Å²) in [4.78, 5) is 0.0185. The Morgan fingerprint density at radius 2 is 2.00 bits per heavy atom. The Kier molecular flexibility index (Phi) is 3.73. The van der Waals surface area contributed by atoms with E-state index in [4.69, 9.17) is 23.2 Å². The number of hydrogen-bond acceptors (Lipinski definition) is 4. The number of aliphatic hydroxyl groups is 1. The van der Waals surface area contributed by atoms with Crippen molar-refractivity contribution in [2.75, 3.05) is 13.1 Å². The van der Waals surface area contributed by atoms with Gasteiger partial charge in [0.05, 0.1) is 9.94 Å². The minimum Gasteiger partial charge on any atom is -0.387 e. The quantitative estimate of drug-likeness (QED) is 0.926. The fourth-order valence-corrected chi connectivity index (χ4v) is 5.42. The van der Waals surface area contributed by atoms with Gasteiger partial charge in [-0.1, -0.05) is 37.0 Å². The van der Waals surface area contributed by atoms with Gasteiger partial charge in [0.15, 0.2) is 0 Å². The summed E-state index contributed by atoms with van der Waals surface area (Å²) in [5.41, 5.74) is -0.945. The minimum absolute atomic E-state index is 0.00508. The molecule has 8 heteroatoms. The summed E-state index contributed by atoms with van der Waals surface area (Å²) in [7, 11) is -3.65. The van der Waals surface area contributed by atoms with E-state index in [-0.39, 0.29) is 28.2 Å². The van der Waals surface area contributed by atoms with E-state index in [2.05, 4.69) is 0 Å². The van der Waals surface area contributed by atoms with Crippen molar-refractivity contribution >= 4 is 44.6 Å². The van der Waals surface area contributed by atoms with E-state index in [9.17, 15) is 13.5 Å². The predicted molar refractivity (Wildman–Crippen MR) is 72.9 cm³/mol. The summed E-state index contributed by atoms with van der Waals surface area (Å²) in [5.74, 6) is 0.00508. The van der Waals surface area contributed by atoms with Crippen LogP contribution in [-0.4, -0.2) is 36.5 Å². The molecule has 18 heavy (non-hydrogen) atoms. The Labute approximate surface area is 120 Å². The molecule has 0 unspecified atom stereocenters. The van der Waals surface area contributed by atoms with Gasteiger partial charge in [-0.3, -0.25) is 0 Å². The lowest BCUT2D eigenvalue weighted by Crippen LogP contribution is -2.65. The molecule has 0 atom stereocenters. The second kappa shape index (κ2) is 4.61. The van der Waals surface area contributed by atoms with Gasteiger partial charge in [0.2, 0.25) is 10.0 Å². The first-order chi connectivity index (χ1) is 8.17. The molecule has 0 aromatic carbocycles. The number of sulfonamides is 1. The molecule has 0 aliphatic carbocycles. The Morgan fingerprint density at radius 1 is 1.44 bits per heavy atom. The lowest BCUT2D eigenvalue weighted by atomic mass is 9.85. The molecule has 1 aliphatic heterocycles. The van der Waals surface area contributed by atoms with Gasteiger partial charge in [0, 0.05) is 13.1 Å². The highest BCUT2D eigenvalue weighted by atomic mass is 35.5. The fourth-order valence-electron chi connectivity index (χ4n) is 1.74. The Bertz CT molecular complexity index is 562. The SMILES string of the molecule is CC(C)C1(O)CN(S(=O)(=O)c2cc(Cl)sc2Cl)C1. The topological polar surface area (TPSA) is 57.6 Å². The third kappa shape index (κ3) is 2.30. The molecule has 0 amide bonds. The second-order valence-corrected chi connectivity index (χ2v) is 8.91. The molecule has 0 bridgehead atoms. The van der Waals surface area contributed by atoms with Crippen molar-refractivity contribution < 1.29 is 13.5 Å². The first-order valence-electron chi connectivity index (χ1n) is 5.34. The number of nitrogens with zero attached hydrogens (tertiary/aromatic N) is 1. The first-order valence-corrected chi connectivity index (χ1v) is 8.35. The van der Waals surface area contributed by atoms with Gasteiger partial charge in [0.1, 0.15) is 9.23 Å². The summed E-state index contributed by atoms with van der Waals surface area (Å²) >= 11 is 12.6. The maximum Gasteiger partial charge on any atom is 0.245 e. The molecule has 1 N–H and O–H groups in total. The molecular weight excluding hydrogens is 317 g/mol. The molecule has 2 heterocycles. The highest BCUT2D eigenvalue weighted by Gasteiger charge is 2.49. The van der Waals surface area contributed by atoms with Gasteiger partial charge in [-0.25, -0.2) is 8.42 Å². The summed E-state index contributed by atoms with van der Waals surface area (Å²) in [6, 6.07) is 1.34. The normalized spacial score (nSPS) is 20.1. The van der Waals surface area contributed by atoms with Gasteiger partial charge in [-0.05, 0) is 12.0 Å². The lowest BCUT2D eigenvalue weighted by Gasteiger charge is -2.47. The minimum atomic E-state index is -3.65. The number of thiophene rings is 1. The monoisotopic (exact) mass is 329 g/mol. The molecule has 0 radical (unpaired) electrons. The van der Waals surface area contributed by atoms with Crippen molar-refractivity contribution in [1.82, 2.24) is 4.31 Å². The van der Waals surface area contributed by atoms with Gasteiger partial charge < -0.3 is 5.11 Å². The van der Waals surface area contributed by atoms with Crippen LogP contribution in [0.5, 0.6) is 0 Å². The van der Waals surface area contributed by atoms with Crippen molar-refractivity contribution in [3.63, 3.8) is 0 Å². The molecule has 1 aromatic rings. The largest absolute Gasteiger partial charge is 0.387 e. The van der Waals surface area contributed by atoms with Gasteiger partial charge in [0.25, 0.3) is 0 Å². The van der Waals surface area contributed by atoms with Crippen molar-refractivity contribution in [1.29, 1.82) is 0 Å². The van der Waals surface area contributed by atoms with Crippen LogP contribution in [0.4, 0.5) is 0 Å². The lowest BCUT2D eigenvalue weighted by molar-refractivity contribution is -0.0932. The summed E-state index contributed by atoms with van der Waals surface area (Å²) in [6.07, 6.45) is 0. The Morgan fingerprint density at radius 3 is 2.39 bits per heavy atom. The number of hydrogen-bond donors (Lipinski definition) is 1. The van der Waals surface area contributed by atoms with Crippen molar-refractivity contribution in [3.05, 3.63) is 14.7 Å². The summed E-state index contributed by atoms with van der Waals surface area (Å²) in [6.45, 7) is 3.91. The molecule has 1 saturated heterocycles. The van der Waals surface area contributed by atoms with E-state index in [0.29, 0.717) is 4.34 Å². The zero-order valence-corrected chi connectivity index (χ0v) is 13.0. The smallest absolute Gasteiger partial charge is 0.245 e. The van der Waals surface area contributed by atoms with Crippen LogP contribution in [0.25, 0.3) is 0 Å². The highest BCUT2D eigenvalue weighted by molar-refractivity contribution is 7.89. The highest BCUT2D eigenvalue weighted by Crippen LogP contribution is 2.39. The summed E-state index contributed by atoms with van der Waals surface area (Å²) in [5, 5.41) is 10.1. The Hall–Kier alpha value is 0.150. The van der Waals surface area contributed by atoms with Gasteiger partial charge >= 0.3 is 0 Å². The Balaban J connectivity index is 2.23. The third-order valence-electron chi connectivity index (χ3n) is 3.22. The van der Waals surface area contributed by atoms with E-state index in [0.717, 1.165) is 11.3 Å². The zero-order valence-electron chi connectivity index (χ0n) is 9.85. The van der Waals surface area contributed by atoms with Crippen LogP contribution in [0, 0.1) is 5.92 Å². The van der Waals surface area contributed by atoms with Crippen LogP contribution >= 0.6 is 34.5 Å². The predicted octanol–water partition coefficient (Wildman–Crippen LogP) is 2.45. The van der Waals surface area contributed by atoms with Crippen molar-refractivity contribution in [2.45, 2.75) is 24.3 Å². The van der Waals surface area contributed by atoms with Crippen molar-refractivity contribution in [3.8, 4) is 0 Å². The van der Waals surface area contributed by atoms with Crippen LogP contribution < -0.4 is 0 Å². The van der Waals surface area contributed by atoms with Crippen LogP contribution in [0.2, 0.25) is 8.67 Å². The first kappa shape index (κ1) is 14.6. The molecule has 0 spiro atoms. The maximum atomic E-state index is 12.2. The molecule has 0 saturated carbocycles.